The molecule has 0 N–H and O–H groups in total. The second kappa shape index (κ2) is 4.50. The highest BCUT2D eigenvalue weighted by Crippen LogP contribution is 2.08. The zero-order valence-electron chi connectivity index (χ0n) is 7.62. The number of rotatable bonds is 2. The lowest BCUT2D eigenvalue weighted by molar-refractivity contribution is -0.137. The number of halogens is 1. The fourth-order valence-electron chi connectivity index (χ4n) is 0.857. The summed E-state index contributed by atoms with van der Waals surface area (Å²) in [6.07, 6.45) is 0.0835. The van der Waals surface area contributed by atoms with Gasteiger partial charge in [0, 0.05) is 6.42 Å². The van der Waals surface area contributed by atoms with Crippen molar-refractivity contribution in [2.45, 2.75) is 13.3 Å². The molecule has 0 amide bonds. The normalized spacial score (nSPS) is 9.57. The first kappa shape index (κ1) is 10.4. The van der Waals surface area contributed by atoms with Crippen molar-refractivity contribution in [2.24, 2.45) is 0 Å². The van der Waals surface area contributed by atoms with Gasteiger partial charge >= 0.3 is 11.9 Å². The van der Waals surface area contributed by atoms with Gasteiger partial charge in [0.1, 0.15) is 5.82 Å². The molecule has 0 saturated heterocycles. The van der Waals surface area contributed by atoms with E-state index in [-0.39, 0.29) is 12.0 Å². The van der Waals surface area contributed by atoms with E-state index in [0.29, 0.717) is 0 Å². The SMILES string of the molecule is CCC(=O)OC(=O)c1ccccc1F. The van der Waals surface area contributed by atoms with Gasteiger partial charge in [-0.3, -0.25) is 4.79 Å². The fourth-order valence-corrected chi connectivity index (χ4v) is 0.857. The van der Waals surface area contributed by atoms with Crippen molar-refractivity contribution >= 4 is 11.9 Å². The molecule has 3 nitrogen and oxygen atoms in total. The Kier molecular flexibility index (Phi) is 3.34. The van der Waals surface area contributed by atoms with Crippen LogP contribution in [0.5, 0.6) is 0 Å². The zero-order valence-corrected chi connectivity index (χ0v) is 7.62. The largest absolute Gasteiger partial charge is 0.389 e. The van der Waals surface area contributed by atoms with E-state index in [2.05, 4.69) is 4.74 Å². The third-order valence-corrected chi connectivity index (χ3v) is 1.59. The Bertz CT molecular complexity index is 360. The average Bonchev–Trinajstić information content (AvgIpc) is 2.18. The quantitative estimate of drug-likeness (QED) is 0.536. The minimum Gasteiger partial charge on any atom is -0.389 e. The lowest BCUT2D eigenvalue weighted by atomic mass is 10.2. The van der Waals surface area contributed by atoms with Crippen LogP contribution in [-0.4, -0.2) is 11.9 Å². The molecular formula is C10H9FO3. The molecule has 0 aromatic heterocycles. The summed E-state index contributed by atoms with van der Waals surface area (Å²) in [6, 6.07) is 5.34. The van der Waals surface area contributed by atoms with Crippen molar-refractivity contribution in [3.8, 4) is 0 Å². The molecule has 0 bridgehead atoms. The van der Waals surface area contributed by atoms with E-state index in [0.717, 1.165) is 6.07 Å². The van der Waals surface area contributed by atoms with Crippen LogP contribution in [0.25, 0.3) is 0 Å². The Morgan fingerprint density at radius 2 is 2.00 bits per heavy atom. The Morgan fingerprint density at radius 3 is 2.57 bits per heavy atom. The van der Waals surface area contributed by atoms with Crippen LogP contribution in [0, 0.1) is 5.82 Å². The summed E-state index contributed by atoms with van der Waals surface area (Å²) in [7, 11) is 0. The Morgan fingerprint density at radius 1 is 1.36 bits per heavy atom. The lowest BCUT2D eigenvalue weighted by Gasteiger charge is -2.01. The monoisotopic (exact) mass is 196 g/mol. The number of esters is 2. The van der Waals surface area contributed by atoms with Crippen LogP contribution in [0.3, 0.4) is 0 Å². The molecule has 0 saturated carbocycles. The van der Waals surface area contributed by atoms with Crippen LogP contribution in [0.1, 0.15) is 23.7 Å². The minimum absolute atomic E-state index is 0.0835. The Hall–Kier alpha value is -1.71. The molecule has 0 radical (unpaired) electrons. The van der Waals surface area contributed by atoms with Gasteiger partial charge in [0.05, 0.1) is 5.56 Å². The molecule has 0 aliphatic heterocycles. The maximum atomic E-state index is 13.0. The second-order valence-corrected chi connectivity index (χ2v) is 2.59. The maximum absolute atomic E-state index is 13.0. The van der Waals surface area contributed by atoms with E-state index in [1.165, 1.54) is 18.2 Å². The van der Waals surface area contributed by atoms with Crippen LogP contribution in [0.15, 0.2) is 24.3 Å². The van der Waals surface area contributed by atoms with Crippen molar-refractivity contribution < 1.29 is 18.7 Å². The summed E-state index contributed by atoms with van der Waals surface area (Å²) in [6.45, 7) is 1.55. The number of carbonyl (C=O) groups is 2. The molecule has 1 rings (SSSR count). The van der Waals surface area contributed by atoms with E-state index < -0.39 is 17.8 Å². The summed E-state index contributed by atoms with van der Waals surface area (Å²) >= 11 is 0. The molecule has 0 atom stereocenters. The molecule has 4 heteroatoms. The second-order valence-electron chi connectivity index (χ2n) is 2.59. The lowest BCUT2D eigenvalue weighted by Crippen LogP contribution is -2.12. The summed E-state index contributed by atoms with van der Waals surface area (Å²) in [5.41, 5.74) is -0.227. The standard InChI is InChI=1S/C10H9FO3/c1-2-9(12)14-10(13)7-5-3-4-6-8(7)11/h3-6H,2H2,1H3. The molecule has 1 aromatic carbocycles. The van der Waals surface area contributed by atoms with Gasteiger partial charge in [0.25, 0.3) is 0 Å². The molecule has 74 valence electrons. The molecule has 0 fully saturated rings. The first-order valence-electron chi connectivity index (χ1n) is 4.14. The van der Waals surface area contributed by atoms with Gasteiger partial charge in [-0.2, -0.15) is 0 Å². The molecule has 0 spiro atoms. The van der Waals surface area contributed by atoms with Crippen molar-refractivity contribution in [2.75, 3.05) is 0 Å². The van der Waals surface area contributed by atoms with Crippen LogP contribution in [0.2, 0.25) is 0 Å². The fraction of sp³-hybridized carbons (Fsp3) is 0.200. The van der Waals surface area contributed by atoms with E-state index in [9.17, 15) is 14.0 Å². The van der Waals surface area contributed by atoms with Gasteiger partial charge in [0.2, 0.25) is 0 Å². The van der Waals surface area contributed by atoms with E-state index >= 15 is 0 Å². The van der Waals surface area contributed by atoms with Gasteiger partial charge in [-0.15, -0.1) is 0 Å². The first-order chi connectivity index (χ1) is 6.65. The number of benzene rings is 1. The molecule has 0 aliphatic carbocycles. The number of hydrogen-bond acceptors (Lipinski definition) is 3. The van der Waals surface area contributed by atoms with E-state index in [1.807, 2.05) is 0 Å². The zero-order chi connectivity index (χ0) is 10.6. The summed E-state index contributed by atoms with van der Waals surface area (Å²) in [5, 5.41) is 0. The molecule has 0 aliphatic rings. The third kappa shape index (κ3) is 2.39. The van der Waals surface area contributed by atoms with Crippen LogP contribution in [-0.2, 0) is 9.53 Å². The van der Waals surface area contributed by atoms with Crippen LogP contribution in [0.4, 0.5) is 4.39 Å². The van der Waals surface area contributed by atoms with Gasteiger partial charge < -0.3 is 4.74 Å². The first-order valence-corrected chi connectivity index (χ1v) is 4.14. The average molecular weight is 196 g/mol. The van der Waals surface area contributed by atoms with Crippen molar-refractivity contribution in [1.82, 2.24) is 0 Å². The maximum Gasteiger partial charge on any atom is 0.348 e. The predicted molar refractivity (Wildman–Crippen MR) is 47.1 cm³/mol. The Labute approximate surface area is 80.5 Å². The smallest absolute Gasteiger partial charge is 0.348 e. The molecule has 0 heterocycles. The van der Waals surface area contributed by atoms with Crippen molar-refractivity contribution in [3.63, 3.8) is 0 Å². The molecular weight excluding hydrogens is 187 g/mol. The van der Waals surface area contributed by atoms with Crippen molar-refractivity contribution in [3.05, 3.63) is 35.6 Å². The highest BCUT2D eigenvalue weighted by atomic mass is 19.1. The predicted octanol–water partition coefficient (Wildman–Crippen LogP) is 1.92. The number of ether oxygens (including phenoxy) is 1. The van der Waals surface area contributed by atoms with Gasteiger partial charge in [-0.25, -0.2) is 9.18 Å². The van der Waals surface area contributed by atoms with Gasteiger partial charge in [0.15, 0.2) is 0 Å². The molecule has 14 heavy (non-hydrogen) atoms. The van der Waals surface area contributed by atoms with Crippen LogP contribution >= 0.6 is 0 Å². The number of hydrogen-bond donors (Lipinski definition) is 0. The molecule has 1 aromatic rings. The third-order valence-electron chi connectivity index (χ3n) is 1.59. The Balaban J connectivity index is 2.80. The van der Waals surface area contributed by atoms with Gasteiger partial charge in [-0.05, 0) is 12.1 Å². The summed E-state index contributed by atoms with van der Waals surface area (Å²) in [4.78, 5) is 21.9. The minimum atomic E-state index is -0.949. The van der Waals surface area contributed by atoms with Crippen LogP contribution < -0.4 is 0 Å². The number of carbonyl (C=O) groups excluding carboxylic acids is 2. The van der Waals surface area contributed by atoms with Gasteiger partial charge in [-0.1, -0.05) is 19.1 Å². The highest BCUT2D eigenvalue weighted by molar-refractivity contribution is 5.96. The van der Waals surface area contributed by atoms with Crippen molar-refractivity contribution in [1.29, 1.82) is 0 Å². The van der Waals surface area contributed by atoms with E-state index in [1.54, 1.807) is 6.92 Å². The van der Waals surface area contributed by atoms with E-state index in [4.69, 9.17) is 0 Å². The summed E-state index contributed by atoms with van der Waals surface area (Å²) < 4.78 is 17.3. The molecule has 0 unspecified atom stereocenters. The summed E-state index contributed by atoms with van der Waals surface area (Å²) in [5.74, 6) is -2.31. The topological polar surface area (TPSA) is 43.4 Å². The highest BCUT2D eigenvalue weighted by Gasteiger charge is 2.14.